The number of rotatable bonds is 7. The molecule has 0 saturated carbocycles. The van der Waals surface area contributed by atoms with Gasteiger partial charge in [-0.1, -0.05) is 6.07 Å². The SMILES string of the molecule is O=C(NCc1ccc(I)c(F)c1)c1cccnc1NCc1ccc(-c2cnc3[nH]ccc3c2)s1. The number of halogens is 2. The van der Waals surface area contributed by atoms with Crippen molar-refractivity contribution in [3.05, 3.63) is 98.6 Å². The molecule has 0 atom stereocenters. The number of hydrogen-bond acceptors (Lipinski definition) is 5. The van der Waals surface area contributed by atoms with Crippen molar-refractivity contribution in [2.75, 3.05) is 5.32 Å². The van der Waals surface area contributed by atoms with Crippen LogP contribution < -0.4 is 10.6 Å². The van der Waals surface area contributed by atoms with E-state index in [2.05, 4.69) is 43.8 Å². The number of pyridine rings is 2. The van der Waals surface area contributed by atoms with Crippen molar-refractivity contribution in [1.82, 2.24) is 20.3 Å². The topological polar surface area (TPSA) is 82.7 Å². The predicted molar refractivity (Wildman–Crippen MR) is 141 cm³/mol. The Morgan fingerprint density at radius 1 is 1.09 bits per heavy atom. The second kappa shape index (κ2) is 9.90. The Hall–Kier alpha value is -3.31. The van der Waals surface area contributed by atoms with Crippen LogP contribution in [0.1, 0.15) is 20.8 Å². The van der Waals surface area contributed by atoms with Crippen LogP contribution in [-0.4, -0.2) is 20.9 Å². The van der Waals surface area contributed by atoms with Gasteiger partial charge in [-0.05, 0) is 76.7 Å². The molecule has 1 aromatic carbocycles. The van der Waals surface area contributed by atoms with Crippen molar-refractivity contribution in [2.24, 2.45) is 0 Å². The number of aromatic amines is 1. The lowest BCUT2D eigenvalue weighted by Crippen LogP contribution is -2.24. The average molecular weight is 583 g/mol. The van der Waals surface area contributed by atoms with E-state index in [0.717, 1.165) is 26.4 Å². The van der Waals surface area contributed by atoms with Crippen molar-refractivity contribution in [1.29, 1.82) is 0 Å². The first-order valence-corrected chi connectivity index (χ1v) is 12.4. The van der Waals surface area contributed by atoms with Crippen LogP contribution in [0.4, 0.5) is 10.2 Å². The van der Waals surface area contributed by atoms with Gasteiger partial charge in [-0.25, -0.2) is 14.4 Å². The number of fused-ring (bicyclic) bond motifs is 1. The van der Waals surface area contributed by atoms with Gasteiger partial charge in [0.05, 0.1) is 12.1 Å². The van der Waals surface area contributed by atoms with Gasteiger partial charge in [0.15, 0.2) is 0 Å². The molecule has 170 valence electrons. The molecule has 0 radical (unpaired) electrons. The molecule has 5 rings (SSSR count). The first kappa shape index (κ1) is 22.5. The molecular weight excluding hydrogens is 564 g/mol. The molecule has 1 amide bonds. The molecule has 0 aliphatic rings. The Balaban J connectivity index is 1.25. The quantitative estimate of drug-likeness (QED) is 0.206. The fourth-order valence-corrected chi connectivity index (χ4v) is 4.79. The highest BCUT2D eigenvalue weighted by Crippen LogP contribution is 2.30. The molecule has 6 nitrogen and oxygen atoms in total. The minimum Gasteiger partial charge on any atom is -0.365 e. The first-order valence-electron chi connectivity index (χ1n) is 10.5. The van der Waals surface area contributed by atoms with Crippen LogP contribution in [0.5, 0.6) is 0 Å². The molecule has 4 heterocycles. The Labute approximate surface area is 212 Å². The number of H-pyrrole nitrogens is 1. The van der Waals surface area contributed by atoms with Crippen molar-refractivity contribution in [2.45, 2.75) is 13.1 Å². The van der Waals surface area contributed by atoms with Crippen LogP contribution in [0, 0.1) is 9.39 Å². The molecule has 9 heteroatoms. The first-order chi connectivity index (χ1) is 16.6. The van der Waals surface area contributed by atoms with Gasteiger partial charge in [-0.15, -0.1) is 11.3 Å². The average Bonchev–Trinajstić information content (AvgIpc) is 3.52. The Morgan fingerprint density at radius 2 is 2.00 bits per heavy atom. The Bertz CT molecular complexity index is 1480. The molecular formula is C25H19FIN5OS. The number of benzene rings is 1. The summed E-state index contributed by atoms with van der Waals surface area (Å²) in [5, 5.41) is 7.19. The van der Waals surface area contributed by atoms with Crippen LogP contribution in [-0.2, 0) is 13.1 Å². The van der Waals surface area contributed by atoms with E-state index < -0.39 is 0 Å². The maximum absolute atomic E-state index is 13.8. The Kier molecular flexibility index (Phi) is 6.54. The summed E-state index contributed by atoms with van der Waals surface area (Å²) in [5.74, 6) is -0.0679. The van der Waals surface area contributed by atoms with Crippen LogP contribution in [0.3, 0.4) is 0 Å². The van der Waals surface area contributed by atoms with Crippen molar-refractivity contribution in [3.63, 3.8) is 0 Å². The number of carbonyl (C=O) groups excluding carboxylic acids is 1. The molecule has 0 aliphatic heterocycles. The molecule has 0 saturated heterocycles. The molecule has 0 spiro atoms. The minimum absolute atomic E-state index is 0.231. The lowest BCUT2D eigenvalue weighted by atomic mass is 10.2. The third-order valence-electron chi connectivity index (χ3n) is 5.27. The predicted octanol–water partition coefficient (Wildman–Crippen LogP) is 5.97. The lowest BCUT2D eigenvalue weighted by molar-refractivity contribution is 0.0951. The zero-order valence-corrected chi connectivity index (χ0v) is 20.8. The van der Waals surface area contributed by atoms with Crippen molar-refractivity contribution < 1.29 is 9.18 Å². The summed E-state index contributed by atoms with van der Waals surface area (Å²) in [7, 11) is 0. The number of carbonyl (C=O) groups is 1. The van der Waals surface area contributed by atoms with Gasteiger partial charge in [0.25, 0.3) is 5.91 Å². The van der Waals surface area contributed by atoms with Crippen molar-refractivity contribution in [3.8, 4) is 10.4 Å². The van der Waals surface area contributed by atoms with Gasteiger partial charge in [0.1, 0.15) is 17.3 Å². The van der Waals surface area contributed by atoms with E-state index in [4.69, 9.17) is 0 Å². The van der Waals surface area contributed by atoms with E-state index in [-0.39, 0.29) is 18.3 Å². The van der Waals surface area contributed by atoms with Crippen LogP contribution in [0.25, 0.3) is 21.5 Å². The van der Waals surface area contributed by atoms with Gasteiger partial charge in [-0.2, -0.15) is 0 Å². The van der Waals surface area contributed by atoms with E-state index in [1.807, 2.05) is 41.1 Å². The maximum atomic E-state index is 13.8. The minimum atomic E-state index is -0.296. The van der Waals surface area contributed by atoms with Gasteiger partial charge < -0.3 is 15.6 Å². The highest BCUT2D eigenvalue weighted by molar-refractivity contribution is 14.1. The van der Waals surface area contributed by atoms with Crippen LogP contribution in [0.15, 0.2) is 73.2 Å². The largest absolute Gasteiger partial charge is 0.365 e. The molecule has 5 aromatic rings. The second-order valence-corrected chi connectivity index (χ2v) is 9.92. The highest BCUT2D eigenvalue weighted by Gasteiger charge is 2.13. The number of amides is 1. The van der Waals surface area contributed by atoms with Gasteiger partial charge in [-0.3, -0.25) is 4.79 Å². The van der Waals surface area contributed by atoms with E-state index in [1.54, 1.807) is 41.8 Å². The molecule has 3 N–H and O–H groups in total. The zero-order chi connectivity index (χ0) is 23.5. The normalized spacial score (nSPS) is 11.0. The lowest BCUT2D eigenvalue weighted by Gasteiger charge is -2.11. The second-order valence-electron chi connectivity index (χ2n) is 7.59. The number of nitrogens with one attached hydrogen (secondary N) is 3. The number of hydrogen-bond donors (Lipinski definition) is 3. The molecule has 0 aliphatic carbocycles. The molecule has 0 unspecified atom stereocenters. The number of thiophene rings is 1. The summed E-state index contributed by atoms with van der Waals surface area (Å²) in [4.78, 5) is 26.9. The maximum Gasteiger partial charge on any atom is 0.255 e. The zero-order valence-electron chi connectivity index (χ0n) is 17.8. The third-order valence-corrected chi connectivity index (χ3v) is 7.27. The fourth-order valence-electron chi connectivity index (χ4n) is 3.53. The summed E-state index contributed by atoms with van der Waals surface area (Å²) in [6.07, 6.45) is 5.39. The van der Waals surface area contributed by atoms with E-state index in [0.29, 0.717) is 27.1 Å². The third kappa shape index (κ3) is 4.95. The summed E-state index contributed by atoms with van der Waals surface area (Å²) in [6, 6.07) is 16.6. The molecule has 0 bridgehead atoms. The smallest absolute Gasteiger partial charge is 0.255 e. The highest BCUT2D eigenvalue weighted by atomic mass is 127. The van der Waals surface area contributed by atoms with E-state index in [1.165, 1.54) is 6.07 Å². The molecule has 4 aromatic heterocycles. The van der Waals surface area contributed by atoms with Gasteiger partial charge in [0.2, 0.25) is 0 Å². The summed E-state index contributed by atoms with van der Waals surface area (Å²) >= 11 is 3.60. The fraction of sp³-hybridized carbons (Fsp3) is 0.0800. The number of aromatic nitrogens is 3. The van der Waals surface area contributed by atoms with E-state index >= 15 is 0 Å². The van der Waals surface area contributed by atoms with Crippen molar-refractivity contribution >= 4 is 56.7 Å². The van der Waals surface area contributed by atoms with Gasteiger partial charge in [0, 0.05) is 49.4 Å². The molecule has 34 heavy (non-hydrogen) atoms. The van der Waals surface area contributed by atoms with Gasteiger partial charge >= 0.3 is 0 Å². The molecule has 0 fully saturated rings. The summed E-state index contributed by atoms with van der Waals surface area (Å²) < 4.78 is 14.3. The monoisotopic (exact) mass is 583 g/mol. The summed E-state index contributed by atoms with van der Waals surface area (Å²) in [5.41, 5.74) is 3.07. The Morgan fingerprint density at radius 3 is 2.88 bits per heavy atom. The van der Waals surface area contributed by atoms with E-state index in [9.17, 15) is 9.18 Å². The number of anilines is 1. The number of nitrogens with zero attached hydrogens (tertiary/aromatic N) is 2. The standard InChI is InChI=1S/C25H19FIN5OS/c26-20-10-15(3-5-21(20)27)12-32-25(33)19-2-1-8-28-24(19)31-14-18-4-6-22(34-18)17-11-16-7-9-29-23(16)30-13-17/h1-11,13H,12,14H2,(H,28,31)(H,29,30)(H,32,33). The van der Waals surface area contributed by atoms with Crippen LogP contribution >= 0.6 is 33.9 Å². The summed E-state index contributed by atoms with van der Waals surface area (Å²) in [6.45, 7) is 0.763. The van der Waals surface area contributed by atoms with Crippen LogP contribution in [0.2, 0.25) is 0 Å².